The van der Waals surface area contributed by atoms with Gasteiger partial charge in [-0.1, -0.05) is 19.2 Å². The molecule has 0 radical (unpaired) electrons. The van der Waals surface area contributed by atoms with Gasteiger partial charge in [0.1, 0.15) is 0 Å². The molecule has 0 fully saturated rings. The van der Waals surface area contributed by atoms with Crippen molar-refractivity contribution in [2.75, 3.05) is 27.2 Å². The predicted octanol–water partition coefficient (Wildman–Crippen LogP) is 1.06. The Morgan fingerprint density at radius 3 is 2.40 bits per heavy atom. The first-order valence-corrected chi connectivity index (χ1v) is 6.52. The van der Waals surface area contributed by atoms with E-state index in [2.05, 4.69) is 23.8 Å². The maximum atomic E-state index is 11.6. The molecule has 0 aromatic rings. The van der Waals surface area contributed by atoms with Gasteiger partial charge in [0.05, 0.1) is 5.92 Å². The van der Waals surface area contributed by atoms with E-state index in [1.54, 1.807) is 13.0 Å². The highest BCUT2D eigenvalue weighted by molar-refractivity contribution is 5.96. The monoisotopic (exact) mass is 279 g/mol. The van der Waals surface area contributed by atoms with E-state index in [9.17, 15) is 9.59 Å². The highest BCUT2D eigenvalue weighted by Gasteiger charge is 2.15. The Balaban J connectivity index is 4.44. The van der Waals surface area contributed by atoms with Crippen LogP contribution in [0.2, 0.25) is 0 Å². The van der Waals surface area contributed by atoms with Crippen LogP contribution in [-0.4, -0.2) is 43.9 Å². The zero-order valence-corrected chi connectivity index (χ0v) is 12.8. The van der Waals surface area contributed by atoms with Crippen LogP contribution in [-0.2, 0) is 9.59 Å². The number of hydrogen-bond acceptors (Lipinski definition) is 4. The second-order valence-corrected chi connectivity index (χ2v) is 4.69. The topological polar surface area (TPSA) is 61.4 Å². The molecule has 0 aliphatic heterocycles. The smallest absolute Gasteiger partial charge is 0.233 e. The summed E-state index contributed by atoms with van der Waals surface area (Å²) in [5.41, 5.74) is 1.47. The molecule has 0 heterocycles. The van der Waals surface area contributed by atoms with Crippen LogP contribution in [0.3, 0.4) is 0 Å². The minimum absolute atomic E-state index is 0.346. The van der Waals surface area contributed by atoms with E-state index in [0.717, 1.165) is 18.8 Å². The summed E-state index contributed by atoms with van der Waals surface area (Å²) in [7, 11) is 3.84. The third-order valence-electron chi connectivity index (χ3n) is 2.93. The lowest BCUT2D eigenvalue weighted by Crippen LogP contribution is -2.33. The molecular formula is C15H25N3O2. The molecule has 2 N–H and O–H groups in total. The second-order valence-electron chi connectivity index (χ2n) is 4.69. The summed E-state index contributed by atoms with van der Waals surface area (Å²) in [5.74, 6) is -1.17. The number of amides is 2. The van der Waals surface area contributed by atoms with Gasteiger partial charge in [0, 0.05) is 32.8 Å². The first-order valence-electron chi connectivity index (χ1n) is 6.52. The number of allylic oxidation sites excluding steroid dienone is 2. The van der Waals surface area contributed by atoms with Gasteiger partial charge in [-0.25, -0.2) is 0 Å². The van der Waals surface area contributed by atoms with Crippen LogP contribution in [0.5, 0.6) is 0 Å². The Labute approximate surface area is 121 Å². The molecule has 0 rings (SSSR count). The van der Waals surface area contributed by atoms with Crippen molar-refractivity contribution in [2.24, 2.45) is 5.92 Å². The Bertz CT molecular complexity index is 413. The Kier molecular flexibility index (Phi) is 8.24. The summed E-state index contributed by atoms with van der Waals surface area (Å²) in [6.45, 7) is 12.5. The molecule has 20 heavy (non-hydrogen) atoms. The van der Waals surface area contributed by atoms with E-state index in [-0.39, 0.29) is 11.8 Å². The number of nitrogens with one attached hydrogen (secondary N) is 2. The Morgan fingerprint density at radius 2 is 1.90 bits per heavy atom. The van der Waals surface area contributed by atoms with Crippen molar-refractivity contribution in [2.45, 2.75) is 13.8 Å². The fourth-order valence-electron chi connectivity index (χ4n) is 1.35. The highest BCUT2D eigenvalue weighted by Crippen LogP contribution is 2.11. The van der Waals surface area contributed by atoms with E-state index < -0.39 is 5.92 Å². The van der Waals surface area contributed by atoms with Crippen LogP contribution in [0, 0.1) is 5.92 Å². The third-order valence-corrected chi connectivity index (χ3v) is 2.93. The number of imide groups is 1. The number of carbonyl (C=O) groups is 2. The molecule has 2 amide bonds. The Hall–Kier alpha value is -1.88. The van der Waals surface area contributed by atoms with Gasteiger partial charge in [0.2, 0.25) is 11.8 Å². The zero-order valence-electron chi connectivity index (χ0n) is 12.8. The summed E-state index contributed by atoms with van der Waals surface area (Å²) in [5, 5.41) is 5.31. The highest BCUT2D eigenvalue weighted by atomic mass is 16.2. The van der Waals surface area contributed by atoms with Gasteiger partial charge in [-0.2, -0.15) is 0 Å². The first kappa shape index (κ1) is 18.1. The van der Waals surface area contributed by atoms with Gasteiger partial charge in [-0.15, -0.1) is 0 Å². The number of likely N-dealkylation sites (N-methyl/N-ethyl adjacent to an activating group) is 2. The van der Waals surface area contributed by atoms with Gasteiger partial charge < -0.3 is 10.2 Å². The minimum atomic E-state index is -0.453. The van der Waals surface area contributed by atoms with E-state index >= 15 is 0 Å². The fraction of sp³-hybridized carbons (Fsp3) is 0.467. The van der Waals surface area contributed by atoms with Crippen molar-refractivity contribution in [1.29, 1.82) is 0 Å². The summed E-state index contributed by atoms with van der Waals surface area (Å²) in [4.78, 5) is 24.5. The van der Waals surface area contributed by atoms with E-state index in [4.69, 9.17) is 0 Å². The second kappa shape index (κ2) is 9.09. The lowest BCUT2D eigenvalue weighted by atomic mass is 10.0. The number of carbonyl (C=O) groups excluding carboxylic acids is 2. The SMILES string of the molecule is C=C(/C=C\C(=C)N(C)CCNC)C(C)C(=O)NC(C)=O. The molecule has 0 bridgehead atoms. The standard InChI is InChI=1S/C15H25N3O2/c1-11(13(3)15(20)17-14(4)19)7-8-12(2)18(6)10-9-16-5/h7-8,13,16H,1-2,9-10H2,3-6H3,(H,17,19,20)/b8-7-. The summed E-state index contributed by atoms with van der Waals surface area (Å²) in [6.07, 6.45) is 3.57. The van der Waals surface area contributed by atoms with Gasteiger partial charge >= 0.3 is 0 Å². The van der Waals surface area contributed by atoms with Crippen molar-refractivity contribution in [3.63, 3.8) is 0 Å². The van der Waals surface area contributed by atoms with Gasteiger partial charge in [0.15, 0.2) is 0 Å². The van der Waals surface area contributed by atoms with Crippen LogP contribution < -0.4 is 10.6 Å². The number of rotatable bonds is 8. The number of nitrogens with zero attached hydrogens (tertiary/aromatic N) is 1. The lowest BCUT2D eigenvalue weighted by Gasteiger charge is -2.19. The van der Waals surface area contributed by atoms with E-state index in [0.29, 0.717) is 5.57 Å². The lowest BCUT2D eigenvalue weighted by molar-refractivity contribution is -0.130. The van der Waals surface area contributed by atoms with Crippen molar-refractivity contribution in [3.8, 4) is 0 Å². The summed E-state index contributed by atoms with van der Waals surface area (Å²) < 4.78 is 0. The van der Waals surface area contributed by atoms with Gasteiger partial charge in [0.25, 0.3) is 0 Å². The van der Waals surface area contributed by atoms with Crippen LogP contribution in [0.15, 0.2) is 36.6 Å². The molecule has 0 saturated carbocycles. The van der Waals surface area contributed by atoms with Crippen molar-refractivity contribution < 1.29 is 9.59 Å². The summed E-state index contributed by atoms with van der Waals surface area (Å²) in [6, 6.07) is 0. The van der Waals surface area contributed by atoms with Crippen molar-refractivity contribution in [3.05, 3.63) is 36.6 Å². The average molecular weight is 279 g/mol. The Morgan fingerprint density at radius 1 is 1.30 bits per heavy atom. The summed E-state index contributed by atoms with van der Waals surface area (Å²) >= 11 is 0. The zero-order chi connectivity index (χ0) is 15.7. The average Bonchev–Trinajstić information content (AvgIpc) is 2.39. The van der Waals surface area contributed by atoms with E-state index in [1.807, 2.05) is 25.1 Å². The minimum Gasteiger partial charge on any atom is -0.374 e. The molecule has 0 aliphatic carbocycles. The first-order chi connectivity index (χ1) is 9.29. The molecule has 5 heteroatoms. The predicted molar refractivity (Wildman–Crippen MR) is 82.0 cm³/mol. The van der Waals surface area contributed by atoms with Crippen LogP contribution in [0.25, 0.3) is 0 Å². The maximum absolute atomic E-state index is 11.6. The fourth-order valence-corrected chi connectivity index (χ4v) is 1.35. The van der Waals surface area contributed by atoms with Crippen molar-refractivity contribution >= 4 is 11.8 Å². The van der Waals surface area contributed by atoms with E-state index in [1.165, 1.54) is 6.92 Å². The van der Waals surface area contributed by atoms with Gasteiger partial charge in [-0.3, -0.25) is 14.9 Å². The molecule has 1 unspecified atom stereocenters. The molecule has 5 nitrogen and oxygen atoms in total. The molecule has 0 aromatic heterocycles. The molecule has 0 saturated heterocycles. The molecule has 0 aliphatic rings. The third kappa shape index (κ3) is 6.89. The van der Waals surface area contributed by atoms with Crippen molar-refractivity contribution in [1.82, 2.24) is 15.5 Å². The van der Waals surface area contributed by atoms with Gasteiger partial charge in [-0.05, 0) is 25.6 Å². The quantitative estimate of drug-likeness (QED) is 0.652. The normalized spacial score (nSPS) is 12.0. The number of hydrogen-bond donors (Lipinski definition) is 2. The molecule has 0 aromatic carbocycles. The van der Waals surface area contributed by atoms with Crippen LogP contribution in [0.4, 0.5) is 0 Å². The van der Waals surface area contributed by atoms with Crippen LogP contribution in [0.1, 0.15) is 13.8 Å². The largest absolute Gasteiger partial charge is 0.374 e. The maximum Gasteiger partial charge on any atom is 0.233 e. The molecular weight excluding hydrogens is 254 g/mol. The molecule has 1 atom stereocenters. The molecule has 112 valence electrons. The molecule has 0 spiro atoms. The van der Waals surface area contributed by atoms with Crippen LogP contribution >= 0.6 is 0 Å².